The molecular formula is C14H9F4NOS. The third-order valence-corrected chi connectivity index (χ3v) is 2.95. The molecule has 0 amide bonds. The highest BCUT2D eigenvalue weighted by molar-refractivity contribution is 7.80. The van der Waals surface area contributed by atoms with Crippen molar-refractivity contribution in [2.24, 2.45) is 5.73 Å². The van der Waals surface area contributed by atoms with Crippen molar-refractivity contribution >= 4 is 17.2 Å². The van der Waals surface area contributed by atoms with E-state index >= 15 is 0 Å². The predicted molar refractivity (Wildman–Crippen MR) is 72.9 cm³/mol. The van der Waals surface area contributed by atoms with Gasteiger partial charge in [-0.3, -0.25) is 0 Å². The molecule has 2 aromatic rings. The summed E-state index contributed by atoms with van der Waals surface area (Å²) in [5, 5.41) is 0. The van der Waals surface area contributed by atoms with Gasteiger partial charge in [-0.25, -0.2) is 8.78 Å². The second-order valence-electron chi connectivity index (χ2n) is 4.11. The van der Waals surface area contributed by atoms with Crippen molar-refractivity contribution < 1.29 is 22.3 Å². The lowest BCUT2D eigenvalue weighted by molar-refractivity contribution is 0.261. The Balaban J connectivity index is 2.31. The fraction of sp³-hybridized carbons (Fsp3) is 0.0714. The average Bonchev–Trinajstić information content (AvgIpc) is 2.45. The van der Waals surface area contributed by atoms with Crippen LogP contribution in [-0.2, 0) is 6.61 Å². The van der Waals surface area contributed by atoms with Crippen LogP contribution >= 0.6 is 12.2 Å². The van der Waals surface area contributed by atoms with Crippen LogP contribution in [0.4, 0.5) is 17.6 Å². The summed E-state index contributed by atoms with van der Waals surface area (Å²) in [6.45, 7) is -0.343. The van der Waals surface area contributed by atoms with Crippen LogP contribution < -0.4 is 10.5 Å². The summed E-state index contributed by atoms with van der Waals surface area (Å²) in [5.74, 6) is -7.38. The van der Waals surface area contributed by atoms with Crippen LogP contribution in [0.15, 0.2) is 30.3 Å². The van der Waals surface area contributed by atoms with Gasteiger partial charge in [0.15, 0.2) is 17.4 Å². The van der Waals surface area contributed by atoms with Crippen LogP contribution in [0, 0.1) is 23.3 Å². The minimum Gasteiger partial charge on any atom is -0.483 e. The van der Waals surface area contributed by atoms with E-state index in [0.717, 1.165) is 0 Å². The van der Waals surface area contributed by atoms with E-state index in [9.17, 15) is 17.6 Å². The summed E-state index contributed by atoms with van der Waals surface area (Å²) in [7, 11) is 0. The number of thiocarbonyl (C=S) groups is 1. The number of hydrogen-bond donors (Lipinski definition) is 1. The van der Waals surface area contributed by atoms with Crippen molar-refractivity contribution in [2.75, 3.05) is 0 Å². The lowest BCUT2D eigenvalue weighted by Crippen LogP contribution is -2.14. The molecule has 0 heterocycles. The zero-order chi connectivity index (χ0) is 15.6. The van der Waals surface area contributed by atoms with Crippen LogP contribution in [0.3, 0.4) is 0 Å². The van der Waals surface area contributed by atoms with E-state index in [2.05, 4.69) is 0 Å². The first-order chi connectivity index (χ1) is 9.91. The van der Waals surface area contributed by atoms with Gasteiger partial charge in [-0.05, 0) is 5.56 Å². The SMILES string of the molecule is NC(=S)c1ccccc1COc1c(F)c(F)cc(F)c1F. The van der Waals surface area contributed by atoms with Gasteiger partial charge >= 0.3 is 0 Å². The number of rotatable bonds is 4. The monoisotopic (exact) mass is 315 g/mol. The summed E-state index contributed by atoms with van der Waals surface area (Å²) in [6, 6.07) is 6.58. The Hall–Kier alpha value is -2.15. The molecule has 0 aliphatic rings. The molecule has 2 N–H and O–H groups in total. The third-order valence-electron chi connectivity index (χ3n) is 2.73. The van der Waals surface area contributed by atoms with E-state index in [1.165, 1.54) is 0 Å². The summed E-state index contributed by atoms with van der Waals surface area (Å²) in [6.07, 6.45) is 0. The van der Waals surface area contributed by atoms with E-state index in [-0.39, 0.29) is 17.7 Å². The van der Waals surface area contributed by atoms with Crippen molar-refractivity contribution in [3.8, 4) is 5.75 Å². The smallest absolute Gasteiger partial charge is 0.203 e. The Morgan fingerprint density at radius 2 is 1.62 bits per heavy atom. The number of nitrogens with two attached hydrogens (primary N) is 1. The molecule has 0 aromatic heterocycles. The molecule has 7 heteroatoms. The molecule has 0 fully saturated rings. The van der Waals surface area contributed by atoms with Crippen molar-refractivity contribution in [1.29, 1.82) is 0 Å². The van der Waals surface area contributed by atoms with E-state index in [1.54, 1.807) is 24.3 Å². The van der Waals surface area contributed by atoms with Gasteiger partial charge in [-0.1, -0.05) is 36.5 Å². The predicted octanol–water partition coefficient (Wildman–Crippen LogP) is 3.46. The quantitative estimate of drug-likeness (QED) is 0.533. The Bertz CT molecular complexity index is 679. The minimum absolute atomic E-state index is 0.0700. The van der Waals surface area contributed by atoms with Crippen molar-refractivity contribution in [3.63, 3.8) is 0 Å². The zero-order valence-electron chi connectivity index (χ0n) is 10.5. The van der Waals surface area contributed by atoms with Gasteiger partial charge < -0.3 is 10.5 Å². The molecule has 0 saturated carbocycles. The summed E-state index contributed by atoms with van der Waals surface area (Å²) in [4.78, 5) is 0.0700. The average molecular weight is 315 g/mol. The normalized spacial score (nSPS) is 10.5. The molecule has 0 atom stereocenters. The lowest BCUT2D eigenvalue weighted by atomic mass is 10.1. The maximum absolute atomic E-state index is 13.4. The molecule has 0 aliphatic heterocycles. The first-order valence-corrected chi connectivity index (χ1v) is 6.16. The summed E-state index contributed by atoms with van der Waals surface area (Å²) in [5.41, 5.74) is 6.39. The molecule has 2 rings (SSSR count). The molecule has 0 aliphatic carbocycles. The van der Waals surface area contributed by atoms with Crippen LogP contribution in [0.5, 0.6) is 5.75 Å². The highest BCUT2D eigenvalue weighted by Gasteiger charge is 2.21. The number of benzene rings is 2. The first kappa shape index (κ1) is 15.2. The largest absolute Gasteiger partial charge is 0.483 e. The fourth-order valence-corrected chi connectivity index (χ4v) is 1.91. The van der Waals surface area contributed by atoms with E-state index < -0.39 is 29.0 Å². The maximum Gasteiger partial charge on any atom is 0.203 e. The Morgan fingerprint density at radius 3 is 2.19 bits per heavy atom. The highest BCUT2D eigenvalue weighted by Crippen LogP contribution is 2.27. The van der Waals surface area contributed by atoms with Gasteiger partial charge in [-0.15, -0.1) is 0 Å². The fourth-order valence-electron chi connectivity index (χ4n) is 1.71. The van der Waals surface area contributed by atoms with Crippen LogP contribution in [0.2, 0.25) is 0 Å². The van der Waals surface area contributed by atoms with Gasteiger partial charge in [0.25, 0.3) is 0 Å². The Labute approximate surface area is 123 Å². The second-order valence-corrected chi connectivity index (χ2v) is 4.55. The van der Waals surface area contributed by atoms with Crippen LogP contribution in [0.1, 0.15) is 11.1 Å². The van der Waals surface area contributed by atoms with Gasteiger partial charge in [0, 0.05) is 11.6 Å². The van der Waals surface area contributed by atoms with Crippen molar-refractivity contribution in [2.45, 2.75) is 6.61 Å². The molecule has 0 radical (unpaired) electrons. The molecular weight excluding hydrogens is 306 g/mol. The topological polar surface area (TPSA) is 35.2 Å². The van der Waals surface area contributed by atoms with E-state index in [0.29, 0.717) is 11.1 Å². The van der Waals surface area contributed by atoms with Crippen molar-refractivity contribution in [3.05, 3.63) is 64.7 Å². The summed E-state index contributed by atoms with van der Waals surface area (Å²) >= 11 is 4.83. The number of halogens is 4. The molecule has 0 bridgehead atoms. The first-order valence-electron chi connectivity index (χ1n) is 5.75. The molecule has 110 valence electrons. The Morgan fingerprint density at radius 1 is 1.05 bits per heavy atom. The molecule has 21 heavy (non-hydrogen) atoms. The molecule has 2 aromatic carbocycles. The molecule has 2 nitrogen and oxygen atoms in total. The standard InChI is InChI=1S/C14H9F4NOS/c15-9-5-10(16)12(18)13(11(9)17)20-6-7-3-1-2-4-8(7)14(19)21/h1-5H,6H2,(H2,19,21). The van der Waals surface area contributed by atoms with Crippen LogP contribution in [0.25, 0.3) is 0 Å². The van der Waals surface area contributed by atoms with Gasteiger partial charge in [0.05, 0.1) is 0 Å². The van der Waals surface area contributed by atoms with Gasteiger partial charge in [-0.2, -0.15) is 8.78 Å². The third kappa shape index (κ3) is 3.13. The second kappa shape index (κ2) is 6.09. The number of hydrogen-bond acceptors (Lipinski definition) is 2. The van der Waals surface area contributed by atoms with Crippen LogP contribution in [-0.4, -0.2) is 4.99 Å². The maximum atomic E-state index is 13.4. The minimum atomic E-state index is -1.60. The molecule has 0 spiro atoms. The number of ether oxygens (including phenoxy) is 1. The lowest BCUT2D eigenvalue weighted by Gasteiger charge is -2.12. The van der Waals surface area contributed by atoms with Gasteiger partial charge in [0.2, 0.25) is 11.6 Å². The van der Waals surface area contributed by atoms with Crippen molar-refractivity contribution in [1.82, 2.24) is 0 Å². The summed E-state index contributed by atoms with van der Waals surface area (Å²) < 4.78 is 57.9. The van der Waals surface area contributed by atoms with Gasteiger partial charge in [0.1, 0.15) is 11.6 Å². The zero-order valence-corrected chi connectivity index (χ0v) is 11.3. The highest BCUT2D eigenvalue weighted by atomic mass is 32.1. The van der Waals surface area contributed by atoms with E-state index in [4.69, 9.17) is 22.7 Å². The Kier molecular flexibility index (Phi) is 4.42. The molecule has 0 saturated heterocycles. The molecule has 0 unspecified atom stereocenters. The van der Waals surface area contributed by atoms with E-state index in [1.807, 2.05) is 0 Å².